The van der Waals surface area contributed by atoms with Gasteiger partial charge in [-0.3, -0.25) is 4.79 Å². The molecule has 0 saturated heterocycles. The molecule has 0 fully saturated rings. The molecule has 0 aromatic carbocycles. The number of carboxylic acid groups (broad SMARTS) is 1. The van der Waals surface area contributed by atoms with Crippen molar-refractivity contribution in [2.75, 3.05) is 6.54 Å². The van der Waals surface area contributed by atoms with Gasteiger partial charge in [0.1, 0.15) is 0 Å². The zero-order valence-electron chi connectivity index (χ0n) is 25.5. The van der Waals surface area contributed by atoms with Crippen LogP contribution >= 0.6 is 0 Å². The van der Waals surface area contributed by atoms with E-state index in [4.69, 9.17) is 5.11 Å². The first-order valence-electron chi connectivity index (χ1n) is 16.5. The van der Waals surface area contributed by atoms with Crippen LogP contribution in [0.5, 0.6) is 0 Å². The molecular formula is C33H69NO2. The first-order valence-corrected chi connectivity index (χ1v) is 16.5. The molecule has 0 rings (SSSR count). The molecule has 0 atom stereocenters. The van der Waals surface area contributed by atoms with Gasteiger partial charge >= 0.3 is 5.97 Å². The molecule has 0 aliphatic rings. The van der Waals surface area contributed by atoms with Gasteiger partial charge in [-0.25, -0.2) is 0 Å². The van der Waals surface area contributed by atoms with Crippen LogP contribution in [0.25, 0.3) is 0 Å². The highest BCUT2D eigenvalue weighted by Crippen LogP contribution is 2.14. The minimum Gasteiger partial charge on any atom is -0.481 e. The molecule has 0 bridgehead atoms. The van der Waals surface area contributed by atoms with Crippen molar-refractivity contribution in [2.45, 2.75) is 201 Å². The Bertz CT molecular complexity index is 397. The predicted molar refractivity (Wildman–Crippen MR) is 162 cm³/mol. The molecule has 36 heavy (non-hydrogen) atoms. The molecule has 0 aliphatic heterocycles. The lowest BCUT2D eigenvalue weighted by Gasteiger charge is -2.07. The van der Waals surface area contributed by atoms with Crippen molar-refractivity contribution >= 4 is 5.97 Å². The number of hydrogen-bond acceptors (Lipinski definition) is 2. The fourth-order valence-electron chi connectivity index (χ4n) is 4.65. The Morgan fingerprint density at radius 3 is 1.06 bits per heavy atom. The van der Waals surface area contributed by atoms with Gasteiger partial charge in [0.2, 0.25) is 0 Å². The van der Waals surface area contributed by atoms with Gasteiger partial charge in [-0.15, -0.1) is 0 Å². The van der Waals surface area contributed by atoms with Gasteiger partial charge in [0, 0.05) is 12.5 Å². The summed E-state index contributed by atoms with van der Waals surface area (Å²) in [6, 6.07) is 0.651. The van der Waals surface area contributed by atoms with Crippen molar-refractivity contribution in [2.24, 2.45) is 0 Å². The van der Waals surface area contributed by atoms with Gasteiger partial charge in [0.05, 0.1) is 0 Å². The van der Waals surface area contributed by atoms with Crippen LogP contribution < -0.4 is 5.32 Å². The lowest BCUT2D eigenvalue weighted by molar-refractivity contribution is -0.137. The molecule has 3 heteroatoms. The molecule has 218 valence electrons. The molecule has 0 aromatic heterocycles. The Kier molecular flexibility index (Phi) is 35.9. The number of rotatable bonds is 28. The Hall–Kier alpha value is -0.570. The first-order chi connectivity index (χ1) is 17.5. The van der Waals surface area contributed by atoms with Gasteiger partial charge in [-0.1, -0.05) is 175 Å². The molecule has 3 nitrogen and oxygen atoms in total. The summed E-state index contributed by atoms with van der Waals surface area (Å²) in [6.07, 6.45) is 34.5. The molecule has 0 heterocycles. The SMILES string of the molecule is CCCCCCCCCCCCCCCCCC(=O)O.CCCCCCCCCCCCNC(C)C. The smallest absolute Gasteiger partial charge is 0.303 e. The Labute approximate surface area is 228 Å². The van der Waals surface area contributed by atoms with E-state index in [-0.39, 0.29) is 0 Å². The Morgan fingerprint density at radius 1 is 0.500 bits per heavy atom. The van der Waals surface area contributed by atoms with E-state index < -0.39 is 5.97 Å². The minimum absolute atomic E-state index is 0.345. The fraction of sp³-hybridized carbons (Fsp3) is 0.970. The van der Waals surface area contributed by atoms with Crippen molar-refractivity contribution in [1.29, 1.82) is 0 Å². The number of aliphatic carboxylic acids is 1. The van der Waals surface area contributed by atoms with Gasteiger partial charge in [-0.2, -0.15) is 0 Å². The molecule has 0 unspecified atom stereocenters. The third kappa shape index (κ3) is 40.6. The average Bonchev–Trinajstić information content (AvgIpc) is 2.85. The van der Waals surface area contributed by atoms with Crippen LogP contribution in [0.15, 0.2) is 0 Å². The predicted octanol–water partition coefficient (Wildman–Crippen LogP) is 11.2. The average molecular weight is 512 g/mol. The van der Waals surface area contributed by atoms with E-state index >= 15 is 0 Å². The molecule has 0 spiro atoms. The summed E-state index contributed by atoms with van der Waals surface area (Å²) in [4.78, 5) is 10.3. The highest BCUT2D eigenvalue weighted by atomic mass is 16.4. The van der Waals surface area contributed by atoms with Crippen LogP contribution in [0.4, 0.5) is 0 Å². The van der Waals surface area contributed by atoms with Crippen molar-refractivity contribution in [3.63, 3.8) is 0 Å². The third-order valence-electron chi connectivity index (χ3n) is 7.08. The van der Waals surface area contributed by atoms with E-state index in [9.17, 15) is 4.79 Å². The van der Waals surface area contributed by atoms with Gasteiger partial charge in [0.15, 0.2) is 0 Å². The molecule has 2 N–H and O–H groups in total. The van der Waals surface area contributed by atoms with Crippen molar-refractivity contribution in [1.82, 2.24) is 5.32 Å². The summed E-state index contributed by atoms with van der Waals surface area (Å²) in [5, 5.41) is 12.0. The van der Waals surface area contributed by atoms with Crippen LogP contribution in [-0.2, 0) is 4.79 Å². The minimum atomic E-state index is -0.653. The molecule has 0 aromatic rings. The van der Waals surface area contributed by atoms with E-state index in [1.54, 1.807) is 0 Å². The summed E-state index contributed by atoms with van der Waals surface area (Å²) in [5.74, 6) is -0.653. The second-order valence-corrected chi connectivity index (χ2v) is 11.4. The molecule has 0 aliphatic carbocycles. The quantitative estimate of drug-likeness (QED) is 0.103. The largest absolute Gasteiger partial charge is 0.481 e. The van der Waals surface area contributed by atoms with E-state index in [1.165, 1.54) is 154 Å². The zero-order chi connectivity index (χ0) is 27.0. The van der Waals surface area contributed by atoms with Crippen LogP contribution in [-0.4, -0.2) is 23.7 Å². The fourth-order valence-corrected chi connectivity index (χ4v) is 4.65. The maximum absolute atomic E-state index is 10.3. The highest BCUT2D eigenvalue weighted by Gasteiger charge is 1.97. The van der Waals surface area contributed by atoms with Crippen molar-refractivity contribution in [3.8, 4) is 0 Å². The standard InChI is InChI=1S/C18H36O2.C15H33N/c1-2-3-4-5-6-7-8-9-10-11-12-13-14-15-16-17-18(19)20;1-4-5-6-7-8-9-10-11-12-13-14-16-15(2)3/h2-17H2,1H3,(H,19,20);15-16H,4-14H2,1-3H3. The number of carboxylic acids is 1. The van der Waals surface area contributed by atoms with Crippen LogP contribution in [0.1, 0.15) is 195 Å². The summed E-state index contributed by atoms with van der Waals surface area (Å²) in [6.45, 7) is 10.2. The normalized spacial score (nSPS) is 11.0. The lowest BCUT2D eigenvalue weighted by Crippen LogP contribution is -2.23. The van der Waals surface area contributed by atoms with E-state index in [0.717, 1.165) is 12.8 Å². The van der Waals surface area contributed by atoms with E-state index in [1.807, 2.05) is 0 Å². The summed E-state index contributed by atoms with van der Waals surface area (Å²) < 4.78 is 0. The number of hydrogen-bond donors (Lipinski definition) is 2. The number of unbranched alkanes of at least 4 members (excludes halogenated alkanes) is 23. The maximum Gasteiger partial charge on any atom is 0.303 e. The second-order valence-electron chi connectivity index (χ2n) is 11.4. The summed E-state index contributed by atoms with van der Waals surface area (Å²) >= 11 is 0. The van der Waals surface area contributed by atoms with Crippen LogP contribution in [0, 0.1) is 0 Å². The van der Waals surface area contributed by atoms with Crippen molar-refractivity contribution < 1.29 is 9.90 Å². The Morgan fingerprint density at radius 2 is 0.778 bits per heavy atom. The molecule has 0 saturated carbocycles. The van der Waals surface area contributed by atoms with Gasteiger partial charge in [-0.05, 0) is 19.4 Å². The Balaban J connectivity index is 0. The van der Waals surface area contributed by atoms with E-state index in [0.29, 0.717) is 12.5 Å². The molecule has 0 radical (unpaired) electrons. The summed E-state index contributed by atoms with van der Waals surface area (Å²) in [7, 11) is 0. The lowest BCUT2D eigenvalue weighted by atomic mass is 10.0. The third-order valence-corrected chi connectivity index (χ3v) is 7.08. The zero-order valence-corrected chi connectivity index (χ0v) is 25.5. The van der Waals surface area contributed by atoms with Gasteiger partial charge in [0.25, 0.3) is 0 Å². The van der Waals surface area contributed by atoms with Crippen LogP contribution in [0.2, 0.25) is 0 Å². The monoisotopic (exact) mass is 512 g/mol. The first kappa shape index (κ1) is 37.6. The van der Waals surface area contributed by atoms with Crippen molar-refractivity contribution in [3.05, 3.63) is 0 Å². The van der Waals surface area contributed by atoms with Gasteiger partial charge < -0.3 is 10.4 Å². The summed E-state index contributed by atoms with van der Waals surface area (Å²) in [5.41, 5.74) is 0. The number of nitrogens with one attached hydrogen (secondary N) is 1. The molecular weight excluding hydrogens is 442 g/mol. The topological polar surface area (TPSA) is 49.3 Å². The van der Waals surface area contributed by atoms with E-state index in [2.05, 4.69) is 33.0 Å². The van der Waals surface area contributed by atoms with Crippen LogP contribution in [0.3, 0.4) is 0 Å². The second kappa shape index (κ2) is 34.4. The number of carbonyl (C=O) groups is 1. The maximum atomic E-state index is 10.3. The highest BCUT2D eigenvalue weighted by molar-refractivity contribution is 5.66. The molecule has 0 amide bonds.